The smallest absolute Gasteiger partial charge is 0.352 e. The van der Waals surface area contributed by atoms with Crippen molar-refractivity contribution in [2.45, 2.75) is 25.6 Å². The third-order valence-corrected chi connectivity index (χ3v) is 4.56. The summed E-state index contributed by atoms with van der Waals surface area (Å²) in [7, 11) is 0. The van der Waals surface area contributed by atoms with Gasteiger partial charge in [0.15, 0.2) is 5.69 Å². The fourth-order valence-corrected chi connectivity index (χ4v) is 2.93. The second-order valence-electron chi connectivity index (χ2n) is 6.61. The lowest BCUT2D eigenvalue weighted by molar-refractivity contribution is -0.142. The molecule has 29 heavy (non-hydrogen) atoms. The van der Waals surface area contributed by atoms with Crippen LogP contribution >= 0.6 is 0 Å². The molecule has 0 aliphatic carbocycles. The summed E-state index contributed by atoms with van der Waals surface area (Å²) >= 11 is 0. The van der Waals surface area contributed by atoms with Gasteiger partial charge >= 0.3 is 12.2 Å². The van der Waals surface area contributed by atoms with Gasteiger partial charge in [-0.15, -0.1) is 0 Å². The summed E-state index contributed by atoms with van der Waals surface area (Å²) in [6.07, 6.45) is -3.84. The van der Waals surface area contributed by atoms with E-state index in [0.717, 1.165) is 5.56 Å². The first-order valence-corrected chi connectivity index (χ1v) is 8.84. The lowest BCUT2D eigenvalue weighted by Crippen LogP contribution is -2.44. The molecule has 1 aliphatic rings. The van der Waals surface area contributed by atoms with Gasteiger partial charge in [0.1, 0.15) is 5.82 Å². The van der Waals surface area contributed by atoms with Gasteiger partial charge in [-0.2, -0.15) is 13.2 Å². The van der Waals surface area contributed by atoms with E-state index in [-0.39, 0.29) is 37.3 Å². The van der Waals surface area contributed by atoms with Crippen LogP contribution in [-0.4, -0.2) is 35.1 Å². The Kier molecular flexibility index (Phi) is 6.04. The number of hydrogen-bond donors (Lipinski definition) is 2. The van der Waals surface area contributed by atoms with Crippen LogP contribution in [0, 0.1) is 11.7 Å². The molecule has 0 radical (unpaired) electrons. The van der Waals surface area contributed by atoms with E-state index in [1.807, 2.05) is 0 Å². The first-order chi connectivity index (χ1) is 13.7. The van der Waals surface area contributed by atoms with Gasteiger partial charge in [0.05, 0.1) is 0 Å². The Morgan fingerprint density at radius 3 is 2.41 bits per heavy atom. The monoisotopic (exact) mass is 414 g/mol. The molecule has 1 fully saturated rings. The molecular formula is C18H18F4N4O3. The standard InChI is InChI=1S/C18H18F4N4O3/c19-13-3-1-11(2-4-13)10-23-16(27)12-5-7-26(8-6-12)17(28)24-15-9-14(25-29-15)18(20,21)22/h1-4,9,12H,5-8,10H2,(H,23,27)(H,24,28). The van der Waals surface area contributed by atoms with Crippen molar-refractivity contribution in [3.8, 4) is 0 Å². The highest BCUT2D eigenvalue weighted by Crippen LogP contribution is 2.30. The maximum Gasteiger partial charge on any atom is 0.436 e. The number of urea groups is 1. The number of carbonyl (C=O) groups is 2. The molecule has 11 heteroatoms. The SMILES string of the molecule is O=C(NCc1ccc(F)cc1)C1CCN(C(=O)Nc2cc(C(F)(F)F)no2)CC1. The molecular weight excluding hydrogens is 396 g/mol. The van der Waals surface area contributed by atoms with Crippen LogP contribution in [0.5, 0.6) is 0 Å². The summed E-state index contributed by atoms with van der Waals surface area (Å²) in [5.41, 5.74) is -0.466. The average Bonchev–Trinajstić information content (AvgIpc) is 3.16. The topological polar surface area (TPSA) is 87.5 Å². The lowest BCUT2D eigenvalue weighted by Gasteiger charge is -2.31. The van der Waals surface area contributed by atoms with E-state index < -0.39 is 23.8 Å². The van der Waals surface area contributed by atoms with Gasteiger partial charge in [-0.25, -0.2) is 9.18 Å². The Bertz CT molecular complexity index is 859. The molecule has 2 N–H and O–H groups in total. The average molecular weight is 414 g/mol. The van der Waals surface area contributed by atoms with E-state index in [4.69, 9.17) is 0 Å². The fourth-order valence-electron chi connectivity index (χ4n) is 2.93. The van der Waals surface area contributed by atoms with E-state index >= 15 is 0 Å². The van der Waals surface area contributed by atoms with Gasteiger partial charge in [-0.3, -0.25) is 10.1 Å². The number of anilines is 1. The summed E-state index contributed by atoms with van der Waals surface area (Å²) in [4.78, 5) is 25.8. The Morgan fingerprint density at radius 1 is 1.17 bits per heavy atom. The molecule has 0 bridgehead atoms. The van der Waals surface area contributed by atoms with E-state index in [1.54, 1.807) is 12.1 Å². The second kappa shape index (κ2) is 8.50. The normalized spacial score (nSPS) is 15.2. The predicted octanol–water partition coefficient (Wildman–Crippen LogP) is 3.39. The lowest BCUT2D eigenvalue weighted by atomic mass is 9.96. The van der Waals surface area contributed by atoms with Crippen LogP contribution in [0.15, 0.2) is 34.9 Å². The van der Waals surface area contributed by atoms with Gasteiger partial charge in [0, 0.05) is 31.6 Å². The molecule has 7 nitrogen and oxygen atoms in total. The number of benzene rings is 1. The van der Waals surface area contributed by atoms with E-state index in [1.165, 1.54) is 17.0 Å². The Hall–Kier alpha value is -3.11. The zero-order valence-electron chi connectivity index (χ0n) is 15.1. The first-order valence-electron chi connectivity index (χ1n) is 8.84. The van der Waals surface area contributed by atoms with Crippen LogP contribution < -0.4 is 10.6 Å². The number of carbonyl (C=O) groups excluding carboxylic acids is 2. The molecule has 156 valence electrons. The molecule has 3 rings (SSSR count). The number of nitrogens with one attached hydrogen (secondary N) is 2. The van der Waals surface area contributed by atoms with Gasteiger partial charge in [0.2, 0.25) is 11.8 Å². The molecule has 1 saturated heterocycles. The van der Waals surface area contributed by atoms with Crippen molar-refractivity contribution < 1.29 is 31.7 Å². The number of aromatic nitrogens is 1. The van der Waals surface area contributed by atoms with Crippen molar-refractivity contribution in [2.75, 3.05) is 18.4 Å². The van der Waals surface area contributed by atoms with Gasteiger partial charge in [-0.1, -0.05) is 17.3 Å². The Balaban J connectivity index is 1.44. The van der Waals surface area contributed by atoms with Crippen LogP contribution in [0.2, 0.25) is 0 Å². The summed E-state index contributed by atoms with van der Waals surface area (Å²) in [6, 6.07) is 5.76. The number of rotatable bonds is 4. The molecule has 1 aliphatic heterocycles. The number of hydrogen-bond acceptors (Lipinski definition) is 4. The van der Waals surface area contributed by atoms with Crippen molar-refractivity contribution in [3.63, 3.8) is 0 Å². The zero-order valence-corrected chi connectivity index (χ0v) is 15.1. The number of piperidine rings is 1. The third-order valence-electron chi connectivity index (χ3n) is 4.56. The minimum absolute atomic E-state index is 0.167. The van der Waals surface area contributed by atoms with E-state index in [9.17, 15) is 27.2 Å². The van der Waals surface area contributed by atoms with Crippen molar-refractivity contribution in [1.82, 2.24) is 15.4 Å². The summed E-state index contributed by atoms with van der Waals surface area (Å²) in [5, 5.41) is 7.87. The summed E-state index contributed by atoms with van der Waals surface area (Å²) < 4.78 is 54.9. The molecule has 1 aromatic carbocycles. The van der Waals surface area contributed by atoms with Crippen LogP contribution in [0.3, 0.4) is 0 Å². The second-order valence-corrected chi connectivity index (χ2v) is 6.61. The first kappa shape index (κ1) is 20.6. The van der Waals surface area contributed by atoms with Crippen molar-refractivity contribution in [2.24, 2.45) is 5.92 Å². The predicted molar refractivity (Wildman–Crippen MR) is 93.1 cm³/mol. The number of halogens is 4. The highest BCUT2D eigenvalue weighted by molar-refractivity contribution is 5.88. The van der Waals surface area contributed by atoms with Gasteiger partial charge in [-0.05, 0) is 30.5 Å². The van der Waals surface area contributed by atoms with Crippen molar-refractivity contribution >= 4 is 17.8 Å². The molecule has 2 aromatic rings. The number of nitrogens with zero attached hydrogens (tertiary/aromatic N) is 2. The molecule has 2 heterocycles. The number of likely N-dealkylation sites (tertiary alicyclic amines) is 1. The highest BCUT2D eigenvalue weighted by atomic mass is 19.4. The van der Waals surface area contributed by atoms with Crippen LogP contribution in [-0.2, 0) is 17.5 Å². The van der Waals surface area contributed by atoms with Crippen molar-refractivity contribution in [1.29, 1.82) is 0 Å². The molecule has 3 amide bonds. The minimum Gasteiger partial charge on any atom is -0.352 e. The molecule has 0 unspecified atom stereocenters. The maximum absolute atomic E-state index is 12.9. The largest absolute Gasteiger partial charge is 0.436 e. The minimum atomic E-state index is -4.66. The van der Waals surface area contributed by atoms with Crippen LogP contribution in [0.1, 0.15) is 24.1 Å². The Labute approximate surface area is 163 Å². The number of amides is 3. The Morgan fingerprint density at radius 2 is 1.83 bits per heavy atom. The van der Waals surface area contributed by atoms with E-state index in [0.29, 0.717) is 18.9 Å². The summed E-state index contributed by atoms with van der Waals surface area (Å²) in [6.45, 7) is 0.800. The maximum atomic E-state index is 12.9. The molecule has 0 saturated carbocycles. The third kappa shape index (κ3) is 5.46. The summed E-state index contributed by atoms with van der Waals surface area (Å²) in [5.74, 6) is -1.21. The molecule has 0 spiro atoms. The molecule has 1 aromatic heterocycles. The van der Waals surface area contributed by atoms with Crippen LogP contribution in [0.25, 0.3) is 0 Å². The zero-order chi connectivity index (χ0) is 21.0. The van der Waals surface area contributed by atoms with Crippen LogP contribution in [0.4, 0.5) is 28.2 Å². The quantitative estimate of drug-likeness (QED) is 0.751. The fraction of sp³-hybridized carbons (Fsp3) is 0.389. The van der Waals surface area contributed by atoms with Gasteiger partial charge in [0.25, 0.3) is 0 Å². The number of alkyl halides is 3. The van der Waals surface area contributed by atoms with Crippen molar-refractivity contribution in [3.05, 3.63) is 47.4 Å². The van der Waals surface area contributed by atoms with Gasteiger partial charge < -0.3 is 14.7 Å². The van der Waals surface area contributed by atoms with E-state index in [2.05, 4.69) is 20.3 Å². The molecule has 0 atom stereocenters. The highest BCUT2D eigenvalue weighted by Gasteiger charge is 2.35.